The summed E-state index contributed by atoms with van der Waals surface area (Å²) in [6.07, 6.45) is 2.42. The van der Waals surface area contributed by atoms with Crippen LogP contribution in [0, 0.1) is 0 Å². The third kappa shape index (κ3) is 2.84. The minimum absolute atomic E-state index is 0.163. The molecule has 2 N–H and O–H groups in total. The number of piperazine rings is 1. The first-order valence-electron chi connectivity index (χ1n) is 7.36. The van der Waals surface area contributed by atoms with Gasteiger partial charge in [0, 0.05) is 32.1 Å². The van der Waals surface area contributed by atoms with Gasteiger partial charge in [0.25, 0.3) is 0 Å². The molecule has 0 saturated carbocycles. The molecule has 8 heteroatoms. The first kappa shape index (κ1) is 13.8. The van der Waals surface area contributed by atoms with E-state index < -0.39 is 0 Å². The number of nitrogens with two attached hydrogens (primary N) is 1. The van der Waals surface area contributed by atoms with Gasteiger partial charge in [-0.05, 0) is 12.8 Å². The van der Waals surface area contributed by atoms with Crippen LogP contribution in [-0.4, -0.2) is 58.0 Å². The summed E-state index contributed by atoms with van der Waals surface area (Å²) >= 11 is 0. The normalized spacial score (nSPS) is 21.6. The molecule has 2 fully saturated rings. The van der Waals surface area contributed by atoms with Crippen molar-refractivity contribution in [3.8, 4) is 6.01 Å². The van der Waals surface area contributed by atoms with E-state index in [4.69, 9.17) is 10.5 Å². The van der Waals surface area contributed by atoms with E-state index in [9.17, 15) is 4.79 Å². The molecular weight excluding hydrogens is 272 g/mol. The summed E-state index contributed by atoms with van der Waals surface area (Å²) < 4.78 is 5.44. The molecule has 0 aromatic carbocycles. The zero-order valence-corrected chi connectivity index (χ0v) is 12.2. The predicted molar refractivity (Wildman–Crippen MR) is 77.0 cm³/mol. The number of carbonyl (C=O) groups is 1. The first-order chi connectivity index (χ1) is 10.2. The molecule has 1 unspecified atom stereocenters. The van der Waals surface area contributed by atoms with E-state index in [1.54, 1.807) is 0 Å². The molecule has 0 aliphatic carbocycles. The quantitative estimate of drug-likeness (QED) is 0.837. The van der Waals surface area contributed by atoms with Crippen molar-refractivity contribution in [2.75, 3.05) is 36.9 Å². The largest absolute Gasteiger partial charge is 0.463 e. The van der Waals surface area contributed by atoms with Gasteiger partial charge < -0.3 is 20.3 Å². The Balaban J connectivity index is 1.74. The highest BCUT2D eigenvalue weighted by atomic mass is 16.5. The molecule has 3 heterocycles. The first-order valence-corrected chi connectivity index (χ1v) is 7.36. The minimum atomic E-state index is 0.163. The van der Waals surface area contributed by atoms with Gasteiger partial charge in [0.2, 0.25) is 17.8 Å². The van der Waals surface area contributed by atoms with Crippen molar-refractivity contribution >= 4 is 17.8 Å². The van der Waals surface area contributed by atoms with Crippen LogP contribution in [-0.2, 0) is 4.79 Å². The van der Waals surface area contributed by atoms with E-state index in [1.807, 2.05) is 11.8 Å². The number of fused-ring (bicyclic) bond motifs is 1. The van der Waals surface area contributed by atoms with E-state index >= 15 is 0 Å². The molecular formula is C13H20N6O2. The number of hydrogen-bond donors (Lipinski definition) is 1. The van der Waals surface area contributed by atoms with Crippen molar-refractivity contribution in [1.82, 2.24) is 19.9 Å². The summed E-state index contributed by atoms with van der Waals surface area (Å²) in [5, 5.41) is 0. The third-order valence-corrected chi connectivity index (χ3v) is 3.83. The number of aromatic nitrogens is 3. The topological polar surface area (TPSA) is 97.5 Å². The summed E-state index contributed by atoms with van der Waals surface area (Å²) in [6.45, 7) is 4.72. The van der Waals surface area contributed by atoms with Crippen molar-refractivity contribution in [3.63, 3.8) is 0 Å². The van der Waals surface area contributed by atoms with E-state index in [2.05, 4.69) is 19.9 Å². The molecule has 0 spiro atoms. The lowest BCUT2D eigenvalue weighted by Gasteiger charge is -2.37. The number of hydrogen-bond acceptors (Lipinski definition) is 7. The van der Waals surface area contributed by atoms with Crippen molar-refractivity contribution in [3.05, 3.63) is 0 Å². The average Bonchev–Trinajstić information content (AvgIpc) is 2.85. The highest BCUT2D eigenvalue weighted by molar-refractivity contribution is 5.79. The van der Waals surface area contributed by atoms with Crippen LogP contribution in [0.1, 0.15) is 26.2 Å². The van der Waals surface area contributed by atoms with Crippen molar-refractivity contribution in [2.45, 2.75) is 32.2 Å². The second-order valence-corrected chi connectivity index (χ2v) is 5.35. The number of carbonyl (C=O) groups excluding carboxylic acids is 1. The van der Waals surface area contributed by atoms with Crippen molar-refractivity contribution in [1.29, 1.82) is 0 Å². The molecule has 21 heavy (non-hydrogen) atoms. The van der Waals surface area contributed by atoms with E-state index in [0.717, 1.165) is 19.4 Å². The molecule has 1 amide bonds. The standard InChI is InChI=1S/C13H20N6O2/c1-2-7-21-13-16-11(14)15-12(17-13)18-5-6-19-9(8-18)3-4-10(19)20/h9H,2-8H2,1H3,(H2,14,15,16,17). The fourth-order valence-electron chi connectivity index (χ4n) is 2.81. The van der Waals surface area contributed by atoms with Crippen LogP contribution in [0.3, 0.4) is 0 Å². The van der Waals surface area contributed by atoms with Gasteiger partial charge >= 0.3 is 6.01 Å². The lowest BCUT2D eigenvalue weighted by Crippen LogP contribution is -2.52. The van der Waals surface area contributed by atoms with Crippen LogP contribution in [0.4, 0.5) is 11.9 Å². The number of rotatable bonds is 4. The van der Waals surface area contributed by atoms with Crippen LogP contribution >= 0.6 is 0 Å². The Morgan fingerprint density at radius 1 is 1.33 bits per heavy atom. The van der Waals surface area contributed by atoms with Gasteiger partial charge in [-0.3, -0.25) is 4.79 Å². The van der Waals surface area contributed by atoms with Crippen LogP contribution in [0.15, 0.2) is 0 Å². The van der Waals surface area contributed by atoms with Gasteiger partial charge in [0.1, 0.15) is 0 Å². The van der Waals surface area contributed by atoms with Gasteiger partial charge in [-0.1, -0.05) is 6.92 Å². The van der Waals surface area contributed by atoms with E-state index in [0.29, 0.717) is 32.1 Å². The van der Waals surface area contributed by atoms with E-state index in [-0.39, 0.29) is 23.9 Å². The van der Waals surface area contributed by atoms with Gasteiger partial charge in [0.15, 0.2) is 0 Å². The molecule has 0 bridgehead atoms. The second kappa shape index (κ2) is 5.71. The maximum absolute atomic E-state index is 11.7. The lowest BCUT2D eigenvalue weighted by molar-refractivity contribution is -0.129. The molecule has 0 radical (unpaired) electrons. The summed E-state index contributed by atoms with van der Waals surface area (Å²) in [5.41, 5.74) is 5.73. The maximum atomic E-state index is 11.7. The van der Waals surface area contributed by atoms with Gasteiger partial charge in [-0.2, -0.15) is 15.0 Å². The molecule has 1 aromatic heterocycles. The lowest BCUT2D eigenvalue weighted by atomic mass is 10.2. The van der Waals surface area contributed by atoms with Crippen molar-refractivity contribution < 1.29 is 9.53 Å². The average molecular weight is 292 g/mol. The Labute approximate surface area is 123 Å². The molecule has 8 nitrogen and oxygen atoms in total. The monoisotopic (exact) mass is 292 g/mol. The highest BCUT2D eigenvalue weighted by Crippen LogP contribution is 2.25. The molecule has 3 rings (SSSR count). The van der Waals surface area contributed by atoms with Crippen molar-refractivity contribution in [2.24, 2.45) is 0 Å². The number of anilines is 2. The molecule has 2 aliphatic heterocycles. The molecule has 114 valence electrons. The molecule has 1 aromatic rings. The Morgan fingerprint density at radius 2 is 2.19 bits per heavy atom. The highest BCUT2D eigenvalue weighted by Gasteiger charge is 2.36. The number of nitrogens with zero attached hydrogens (tertiary/aromatic N) is 5. The van der Waals surface area contributed by atoms with Gasteiger partial charge in [-0.25, -0.2) is 0 Å². The summed E-state index contributed by atoms with van der Waals surface area (Å²) in [4.78, 5) is 28.2. The number of ether oxygens (including phenoxy) is 1. The molecule has 2 aliphatic rings. The molecule has 2 saturated heterocycles. The smallest absolute Gasteiger partial charge is 0.323 e. The third-order valence-electron chi connectivity index (χ3n) is 3.83. The summed E-state index contributed by atoms with van der Waals surface area (Å²) in [7, 11) is 0. The Kier molecular flexibility index (Phi) is 3.76. The zero-order chi connectivity index (χ0) is 14.8. The zero-order valence-electron chi connectivity index (χ0n) is 12.2. The second-order valence-electron chi connectivity index (χ2n) is 5.35. The molecule has 1 atom stereocenters. The van der Waals surface area contributed by atoms with E-state index in [1.165, 1.54) is 0 Å². The van der Waals surface area contributed by atoms with Crippen LogP contribution in [0.2, 0.25) is 0 Å². The summed E-state index contributed by atoms with van der Waals surface area (Å²) in [6, 6.07) is 0.522. The summed E-state index contributed by atoms with van der Waals surface area (Å²) in [5.74, 6) is 0.949. The Bertz CT molecular complexity index is 537. The minimum Gasteiger partial charge on any atom is -0.463 e. The predicted octanol–water partition coefficient (Wildman–Crippen LogP) is 0.0536. The number of nitrogen functional groups attached to an aromatic ring is 1. The van der Waals surface area contributed by atoms with Crippen LogP contribution in [0.5, 0.6) is 6.01 Å². The van der Waals surface area contributed by atoms with Crippen LogP contribution in [0.25, 0.3) is 0 Å². The fraction of sp³-hybridized carbons (Fsp3) is 0.692. The van der Waals surface area contributed by atoms with Crippen LogP contribution < -0.4 is 15.4 Å². The maximum Gasteiger partial charge on any atom is 0.323 e. The van der Waals surface area contributed by atoms with Gasteiger partial charge in [0.05, 0.1) is 6.61 Å². The fourth-order valence-corrected chi connectivity index (χ4v) is 2.81. The Morgan fingerprint density at radius 3 is 3.00 bits per heavy atom. The number of amides is 1. The van der Waals surface area contributed by atoms with Gasteiger partial charge in [-0.15, -0.1) is 0 Å². The Hall–Kier alpha value is -2.12. The SMILES string of the molecule is CCCOc1nc(N)nc(N2CCN3C(=O)CCC3C2)n1.